The molecule has 0 saturated carbocycles. The highest BCUT2D eigenvalue weighted by Crippen LogP contribution is 2.31. The van der Waals surface area contributed by atoms with E-state index < -0.39 is 17.4 Å². The van der Waals surface area contributed by atoms with Crippen LogP contribution < -0.4 is 0 Å². The minimum Gasteiger partial charge on any atom is -0.350 e. The normalized spacial score (nSPS) is 37.7. The zero-order valence-electron chi connectivity index (χ0n) is 29.0. The maximum absolute atomic E-state index is 6.45. The van der Waals surface area contributed by atoms with Gasteiger partial charge >= 0.3 is 0 Å². The van der Waals surface area contributed by atoms with E-state index >= 15 is 0 Å². The highest BCUT2D eigenvalue weighted by atomic mass is 16.8. The molecule has 4 rings (SSSR count). The van der Waals surface area contributed by atoms with E-state index in [4.69, 9.17) is 37.9 Å². The van der Waals surface area contributed by atoms with Crippen molar-refractivity contribution in [3.8, 4) is 0 Å². The summed E-state index contributed by atoms with van der Waals surface area (Å²) in [6, 6.07) is 0. The van der Waals surface area contributed by atoms with Gasteiger partial charge in [-0.1, -0.05) is 53.4 Å². The van der Waals surface area contributed by atoms with Crippen molar-refractivity contribution in [3.05, 3.63) is 0 Å². The largest absolute Gasteiger partial charge is 0.350 e. The predicted octanol–water partition coefficient (Wildman–Crippen LogP) is 5.32. The van der Waals surface area contributed by atoms with E-state index in [-0.39, 0.29) is 30.7 Å². The van der Waals surface area contributed by atoms with Gasteiger partial charge in [0.15, 0.2) is 23.7 Å². The zero-order valence-corrected chi connectivity index (χ0v) is 29.0. The topological polar surface area (TPSA) is 80.3 Å². The minimum absolute atomic E-state index is 0.0246. The smallest absolute Gasteiger partial charge is 0.166 e. The molecule has 0 radical (unpaired) electrons. The van der Waals surface area contributed by atoms with Crippen LogP contribution in [0.15, 0.2) is 0 Å². The average Bonchev–Trinajstić information content (AvgIpc) is 3.75. The SMILES string of the molecule is CCCCC1OCC(CN(CCN(CC2COC(C)(CCC)O2)CC2COC(C)(CCC)O2)CC2COC(C)(CCC)O2)O1. The van der Waals surface area contributed by atoms with E-state index in [0.717, 1.165) is 97.1 Å². The van der Waals surface area contributed by atoms with E-state index in [2.05, 4.69) is 58.3 Å². The molecule has 4 aliphatic rings. The Morgan fingerprint density at radius 2 is 0.955 bits per heavy atom. The Morgan fingerprint density at radius 3 is 1.34 bits per heavy atom. The summed E-state index contributed by atoms with van der Waals surface area (Å²) >= 11 is 0. The molecule has 8 atom stereocenters. The molecular formula is C34H64N2O8. The minimum atomic E-state index is -0.497. The molecular weight excluding hydrogens is 564 g/mol. The summed E-state index contributed by atoms with van der Waals surface area (Å²) in [7, 11) is 0. The summed E-state index contributed by atoms with van der Waals surface area (Å²) in [5.41, 5.74) is 0. The van der Waals surface area contributed by atoms with E-state index in [9.17, 15) is 0 Å². The Hall–Kier alpha value is -0.400. The molecule has 0 spiro atoms. The lowest BCUT2D eigenvalue weighted by atomic mass is 10.2. The molecule has 0 bridgehead atoms. The third-order valence-corrected chi connectivity index (χ3v) is 9.27. The number of nitrogens with zero attached hydrogens (tertiary/aromatic N) is 2. The van der Waals surface area contributed by atoms with Crippen LogP contribution in [0.3, 0.4) is 0 Å². The fourth-order valence-electron chi connectivity index (χ4n) is 7.17. The van der Waals surface area contributed by atoms with Gasteiger partial charge in [0.2, 0.25) is 0 Å². The van der Waals surface area contributed by atoms with Gasteiger partial charge in [-0.2, -0.15) is 0 Å². The lowest BCUT2D eigenvalue weighted by Crippen LogP contribution is -2.47. The molecule has 10 nitrogen and oxygen atoms in total. The molecule has 4 fully saturated rings. The monoisotopic (exact) mass is 628 g/mol. The average molecular weight is 629 g/mol. The van der Waals surface area contributed by atoms with Gasteiger partial charge in [-0.15, -0.1) is 0 Å². The first-order valence-corrected chi connectivity index (χ1v) is 17.8. The van der Waals surface area contributed by atoms with Gasteiger partial charge in [0.25, 0.3) is 0 Å². The highest BCUT2D eigenvalue weighted by molar-refractivity contribution is 4.84. The van der Waals surface area contributed by atoms with Gasteiger partial charge in [0.05, 0.1) is 50.8 Å². The number of hydrogen-bond donors (Lipinski definition) is 0. The zero-order chi connectivity index (χ0) is 31.6. The second kappa shape index (κ2) is 17.1. The fraction of sp³-hybridized carbons (Fsp3) is 1.00. The van der Waals surface area contributed by atoms with E-state index in [1.807, 2.05) is 0 Å². The fourth-order valence-corrected chi connectivity index (χ4v) is 7.17. The van der Waals surface area contributed by atoms with Crippen LogP contribution in [-0.4, -0.2) is 124 Å². The first kappa shape index (κ1) is 36.4. The van der Waals surface area contributed by atoms with Crippen LogP contribution in [0.2, 0.25) is 0 Å². The van der Waals surface area contributed by atoms with E-state index in [0.29, 0.717) is 26.4 Å². The summed E-state index contributed by atoms with van der Waals surface area (Å²) in [6.45, 7) is 22.3. The van der Waals surface area contributed by atoms with Gasteiger partial charge in [-0.3, -0.25) is 9.80 Å². The maximum atomic E-state index is 6.45. The summed E-state index contributed by atoms with van der Waals surface area (Å²) < 4.78 is 50.1. The van der Waals surface area contributed by atoms with Crippen LogP contribution >= 0.6 is 0 Å². The van der Waals surface area contributed by atoms with Crippen LogP contribution in [0.25, 0.3) is 0 Å². The lowest BCUT2D eigenvalue weighted by molar-refractivity contribution is -0.165. The van der Waals surface area contributed by atoms with Crippen molar-refractivity contribution in [2.45, 2.75) is 154 Å². The number of ether oxygens (including phenoxy) is 8. The molecule has 8 unspecified atom stereocenters. The van der Waals surface area contributed by atoms with E-state index in [1.54, 1.807) is 0 Å². The van der Waals surface area contributed by atoms with Crippen LogP contribution in [-0.2, 0) is 37.9 Å². The second-order valence-electron chi connectivity index (χ2n) is 14.0. The third-order valence-electron chi connectivity index (χ3n) is 9.27. The molecule has 0 aromatic rings. The number of unbranched alkanes of at least 4 members (excludes halogenated alkanes) is 1. The third kappa shape index (κ3) is 11.1. The van der Waals surface area contributed by atoms with Crippen LogP contribution in [0.5, 0.6) is 0 Å². The standard InChI is InChI=1S/C34H64N2O8/c1-8-12-13-31-37-23-27(41-31)19-35(20-28-24-38-32(5,42-28)14-9-2)17-18-36(21-29-25-39-33(6,43-29)15-10-3)22-30-26-40-34(7,44-30)16-11-4/h27-31H,8-26H2,1-7H3. The molecule has 0 aliphatic carbocycles. The van der Waals surface area contributed by atoms with Crippen molar-refractivity contribution < 1.29 is 37.9 Å². The van der Waals surface area contributed by atoms with Crippen LogP contribution in [0.1, 0.15) is 106 Å². The Labute approximate surface area is 267 Å². The molecule has 0 aromatic heterocycles. The Morgan fingerprint density at radius 1 is 0.545 bits per heavy atom. The quantitative estimate of drug-likeness (QED) is 0.177. The molecule has 44 heavy (non-hydrogen) atoms. The summed E-state index contributed by atoms with van der Waals surface area (Å²) in [5, 5.41) is 0. The molecule has 258 valence electrons. The molecule has 0 amide bonds. The maximum Gasteiger partial charge on any atom is 0.166 e. The Bertz CT molecular complexity index is 807. The second-order valence-corrected chi connectivity index (χ2v) is 14.0. The van der Waals surface area contributed by atoms with Crippen molar-refractivity contribution in [2.24, 2.45) is 0 Å². The van der Waals surface area contributed by atoms with Gasteiger partial charge in [-0.05, 0) is 33.6 Å². The Kier molecular flexibility index (Phi) is 14.2. The van der Waals surface area contributed by atoms with Crippen molar-refractivity contribution >= 4 is 0 Å². The van der Waals surface area contributed by atoms with Crippen molar-refractivity contribution in [2.75, 3.05) is 65.7 Å². The number of hydrogen-bond acceptors (Lipinski definition) is 10. The summed E-state index contributed by atoms with van der Waals surface area (Å²) in [4.78, 5) is 4.96. The van der Waals surface area contributed by atoms with Gasteiger partial charge in [-0.25, -0.2) is 0 Å². The van der Waals surface area contributed by atoms with Crippen molar-refractivity contribution in [3.63, 3.8) is 0 Å². The molecule has 0 aromatic carbocycles. The molecule has 10 heteroatoms. The van der Waals surface area contributed by atoms with Gasteiger partial charge in [0.1, 0.15) is 0 Å². The van der Waals surface area contributed by atoms with Crippen molar-refractivity contribution in [1.82, 2.24) is 9.80 Å². The number of rotatable bonds is 20. The van der Waals surface area contributed by atoms with Gasteiger partial charge in [0, 0.05) is 58.5 Å². The van der Waals surface area contributed by atoms with Crippen molar-refractivity contribution in [1.29, 1.82) is 0 Å². The van der Waals surface area contributed by atoms with E-state index in [1.165, 1.54) is 0 Å². The summed E-state index contributed by atoms with van der Waals surface area (Å²) in [6.07, 6.45) is 9.04. The Balaban J connectivity index is 1.40. The van der Waals surface area contributed by atoms with Gasteiger partial charge < -0.3 is 37.9 Å². The summed E-state index contributed by atoms with van der Waals surface area (Å²) in [5.74, 6) is -1.49. The van der Waals surface area contributed by atoms with Crippen LogP contribution in [0, 0.1) is 0 Å². The molecule has 4 aliphatic heterocycles. The van der Waals surface area contributed by atoms with Crippen LogP contribution in [0.4, 0.5) is 0 Å². The predicted molar refractivity (Wildman–Crippen MR) is 169 cm³/mol. The lowest BCUT2D eigenvalue weighted by Gasteiger charge is -2.33. The molecule has 0 N–H and O–H groups in total. The first-order valence-electron chi connectivity index (χ1n) is 17.8. The molecule has 4 saturated heterocycles. The highest BCUT2D eigenvalue weighted by Gasteiger charge is 2.41. The molecule has 4 heterocycles. The first-order chi connectivity index (χ1) is 21.1.